The predicted octanol–water partition coefficient (Wildman–Crippen LogP) is 4.10. The fourth-order valence-corrected chi connectivity index (χ4v) is 3.47. The highest BCUT2D eigenvalue weighted by atomic mass is 79.9. The van der Waals surface area contributed by atoms with Crippen molar-refractivity contribution >= 4 is 31.9 Å². The molecular weight excluding hydrogens is 394 g/mol. The van der Waals surface area contributed by atoms with Crippen LogP contribution in [0.2, 0.25) is 0 Å². The average Bonchev–Trinajstić information content (AvgIpc) is 2.74. The Morgan fingerprint density at radius 2 is 2.05 bits per heavy atom. The largest absolute Gasteiger partial charge is 0.330 e. The average molecular weight is 415 g/mol. The molecule has 1 unspecified atom stereocenters. The molecule has 0 bridgehead atoms. The van der Waals surface area contributed by atoms with Crippen molar-refractivity contribution in [1.29, 1.82) is 0 Å². The van der Waals surface area contributed by atoms with Gasteiger partial charge in [0.15, 0.2) is 0 Å². The molecule has 1 aromatic heterocycles. The predicted molar refractivity (Wildman–Crippen MR) is 94.4 cm³/mol. The zero-order valence-electron chi connectivity index (χ0n) is 12.4. The van der Waals surface area contributed by atoms with Gasteiger partial charge in [0.25, 0.3) is 0 Å². The molecule has 114 valence electrons. The van der Waals surface area contributed by atoms with Gasteiger partial charge in [0.05, 0.1) is 15.9 Å². The van der Waals surface area contributed by atoms with Crippen molar-refractivity contribution in [3.8, 4) is 0 Å². The molecule has 2 aromatic rings. The number of nitrogens with two attached hydrogens (primary N) is 1. The maximum absolute atomic E-state index is 6.00. The van der Waals surface area contributed by atoms with E-state index in [4.69, 9.17) is 5.73 Å². The molecular formula is C16H21Br2N3. The minimum absolute atomic E-state index is 0.414. The summed E-state index contributed by atoms with van der Waals surface area (Å²) >= 11 is 7.19. The Labute approximate surface area is 143 Å². The molecule has 0 aliphatic carbocycles. The molecule has 0 amide bonds. The SMILES string of the molecule is CCn1nc(C)c(Br)c1CC(CN)Cc1cccc(Br)c1. The van der Waals surface area contributed by atoms with Crippen LogP contribution in [0.25, 0.3) is 0 Å². The van der Waals surface area contributed by atoms with Crippen molar-refractivity contribution in [3.63, 3.8) is 0 Å². The molecule has 0 aliphatic heterocycles. The standard InChI is InChI=1S/C16H21Br2N3/c1-3-21-15(16(18)11(2)20-21)9-13(10-19)7-12-5-4-6-14(17)8-12/h4-6,8,13H,3,7,9-10,19H2,1-2H3. The fraction of sp³-hybridized carbons (Fsp3) is 0.438. The van der Waals surface area contributed by atoms with Crippen molar-refractivity contribution in [2.45, 2.75) is 33.2 Å². The topological polar surface area (TPSA) is 43.8 Å². The third-order valence-electron chi connectivity index (χ3n) is 3.68. The molecule has 2 rings (SSSR count). The lowest BCUT2D eigenvalue weighted by molar-refractivity contribution is 0.498. The van der Waals surface area contributed by atoms with Crippen LogP contribution in [0.4, 0.5) is 0 Å². The number of benzene rings is 1. The van der Waals surface area contributed by atoms with Gasteiger partial charge in [-0.1, -0.05) is 28.1 Å². The number of aryl methyl sites for hydroxylation is 2. The normalized spacial score (nSPS) is 12.6. The lowest BCUT2D eigenvalue weighted by Gasteiger charge is -2.16. The second-order valence-corrected chi connectivity index (χ2v) is 7.01. The van der Waals surface area contributed by atoms with Crippen molar-refractivity contribution in [1.82, 2.24) is 9.78 Å². The summed E-state index contributed by atoms with van der Waals surface area (Å²) in [5.74, 6) is 0.414. The summed E-state index contributed by atoms with van der Waals surface area (Å²) in [5, 5.41) is 4.56. The Balaban J connectivity index is 2.16. The molecule has 1 aromatic carbocycles. The van der Waals surface area contributed by atoms with E-state index in [0.717, 1.165) is 34.0 Å². The summed E-state index contributed by atoms with van der Waals surface area (Å²) in [6, 6.07) is 8.45. The molecule has 0 saturated carbocycles. The van der Waals surface area contributed by atoms with E-state index in [9.17, 15) is 0 Å². The van der Waals surface area contributed by atoms with Crippen LogP contribution in [0.3, 0.4) is 0 Å². The molecule has 0 aliphatic rings. The van der Waals surface area contributed by atoms with Gasteiger partial charge in [0.2, 0.25) is 0 Å². The maximum Gasteiger partial charge on any atom is 0.0738 e. The first-order valence-corrected chi connectivity index (χ1v) is 8.80. The highest BCUT2D eigenvalue weighted by Crippen LogP contribution is 2.25. The molecule has 0 saturated heterocycles. The van der Waals surface area contributed by atoms with Gasteiger partial charge in [-0.05, 0) is 72.8 Å². The number of aromatic nitrogens is 2. The summed E-state index contributed by atoms with van der Waals surface area (Å²) in [7, 11) is 0. The Morgan fingerprint density at radius 3 is 2.67 bits per heavy atom. The molecule has 3 nitrogen and oxygen atoms in total. The monoisotopic (exact) mass is 413 g/mol. The number of nitrogens with zero attached hydrogens (tertiary/aromatic N) is 2. The van der Waals surface area contributed by atoms with Gasteiger partial charge < -0.3 is 5.73 Å². The zero-order chi connectivity index (χ0) is 15.4. The smallest absolute Gasteiger partial charge is 0.0738 e. The third kappa shape index (κ3) is 4.18. The second kappa shape index (κ2) is 7.56. The number of hydrogen-bond donors (Lipinski definition) is 1. The van der Waals surface area contributed by atoms with Gasteiger partial charge in [0.1, 0.15) is 0 Å². The zero-order valence-corrected chi connectivity index (χ0v) is 15.6. The molecule has 5 heteroatoms. The van der Waals surface area contributed by atoms with E-state index >= 15 is 0 Å². The van der Waals surface area contributed by atoms with E-state index in [1.54, 1.807) is 0 Å². The fourth-order valence-electron chi connectivity index (χ4n) is 2.57. The van der Waals surface area contributed by atoms with E-state index in [1.807, 2.05) is 13.0 Å². The first-order valence-electron chi connectivity index (χ1n) is 7.21. The Bertz CT molecular complexity index is 608. The maximum atomic E-state index is 6.00. The molecule has 1 atom stereocenters. The first-order chi connectivity index (χ1) is 10.0. The summed E-state index contributed by atoms with van der Waals surface area (Å²) in [5.41, 5.74) is 9.61. The molecule has 21 heavy (non-hydrogen) atoms. The van der Waals surface area contributed by atoms with Crippen LogP contribution in [0.5, 0.6) is 0 Å². The third-order valence-corrected chi connectivity index (χ3v) is 5.21. The number of rotatable bonds is 6. The van der Waals surface area contributed by atoms with E-state index < -0.39 is 0 Å². The summed E-state index contributed by atoms with van der Waals surface area (Å²) in [4.78, 5) is 0. The van der Waals surface area contributed by atoms with Crippen LogP contribution < -0.4 is 5.73 Å². The highest BCUT2D eigenvalue weighted by molar-refractivity contribution is 9.10. The van der Waals surface area contributed by atoms with Gasteiger partial charge in [-0.3, -0.25) is 4.68 Å². The molecule has 1 heterocycles. The Kier molecular flexibility index (Phi) is 6.02. The van der Waals surface area contributed by atoms with Crippen molar-refractivity contribution < 1.29 is 0 Å². The summed E-state index contributed by atoms with van der Waals surface area (Å²) < 4.78 is 4.31. The second-order valence-electron chi connectivity index (χ2n) is 5.30. The summed E-state index contributed by atoms with van der Waals surface area (Å²) in [6.45, 7) is 5.71. The van der Waals surface area contributed by atoms with Crippen LogP contribution in [-0.2, 0) is 19.4 Å². The van der Waals surface area contributed by atoms with E-state index in [2.05, 4.69) is 66.8 Å². The van der Waals surface area contributed by atoms with E-state index in [-0.39, 0.29) is 0 Å². The Hall–Kier alpha value is -0.650. The van der Waals surface area contributed by atoms with Crippen LogP contribution >= 0.6 is 31.9 Å². The molecule has 0 spiro atoms. The quantitative estimate of drug-likeness (QED) is 0.773. The van der Waals surface area contributed by atoms with Crippen LogP contribution in [0.1, 0.15) is 23.9 Å². The molecule has 2 N–H and O–H groups in total. The van der Waals surface area contributed by atoms with E-state index in [0.29, 0.717) is 12.5 Å². The van der Waals surface area contributed by atoms with Gasteiger partial charge in [-0.25, -0.2) is 0 Å². The molecule has 0 fully saturated rings. The van der Waals surface area contributed by atoms with Crippen LogP contribution in [-0.4, -0.2) is 16.3 Å². The van der Waals surface area contributed by atoms with Crippen molar-refractivity contribution in [2.75, 3.05) is 6.54 Å². The van der Waals surface area contributed by atoms with Gasteiger partial charge in [-0.2, -0.15) is 5.10 Å². The summed E-state index contributed by atoms with van der Waals surface area (Å²) in [6.07, 6.45) is 1.93. The highest BCUT2D eigenvalue weighted by Gasteiger charge is 2.17. The molecule has 0 radical (unpaired) electrons. The van der Waals surface area contributed by atoms with Gasteiger partial charge >= 0.3 is 0 Å². The van der Waals surface area contributed by atoms with Crippen molar-refractivity contribution in [3.05, 3.63) is 50.2 Å². The van der Waals surface area contributed by atoms with Crippen LogP contribution in [0, 0.1) is 12.8 Å². The van der Waals surface area contributed by atoms with Crippen LogP contribution in [0.15, 0.2) is 33.2 Å². The Morgan fingerprint density at radius 1 is 1.29 bits per heavy atom. The minimum atomic E-state index is 0.414. The minimum Gasteiger partial charge on any atom is -0.330 e. The first kappa shape index (κ1) is 16.7. The van der Waals surface area contributed by atoms with Crippen molar-refractivity contribution in [2.24, 2.45) is 11.7 Å². The number of halogens is 2. The van der Waals surface area contributed by atoms with E-state index in [1.165, 1.54) is 11.3 Å². The number of hydrogen-bond acceptors (Lipinski definition) is 2. The lowest BCUT2D eigenvalue weighted by atomic mass is 9.94. The lowest BCUT2D eigenvalue weighted by Crippen LogP contribution is -2.21. The van der Waals surface area contributed by atoms with Gasteiger partial charge in [-0.15, -0.1) is 0 Å². The van der Waals surface area contributed by atoms with Gasteiger partial charge in [0, 0.05) is 11.0 Å².